The Kier molecular flexibility index (Phi) is 8.20. The van der Waals surface area contributed by atoms with Gasteiger partial charge in [0.15, 0.2) is 5.96 Å². The van der Waals surface area contributed by atoms with Gasteiger partial charge in [-0.3, -0.25) is 4.99 Å². The van der Waals surface area contributed by atoms with E-state index in [1.165, 1.54) is 17.0 Å². The van der Waals surface area contributed by atoms with Gasteiger partial charge in [0.25, 0.3) is 0 Å². The molecule has 0 aliphatic rings. The number of guanidine groups is 1. The van der Waals surface area contributed by atoms with Crippen molar-refractivity contribution in [2.75, 3.05) is 7.05 Å². The molecule has 0 aliphatic carbocycles. The van der Waals surface area contributed by atoms with Crippen LogP contribution in [0.1, 0.15) is 10.4 Å². The van der Waals surface area contributed by atoms with Crippen molar-refractivity contribution in [3.05, 3.63) is 56.4 Å². The van der Waals surface area contributed by atoms with Gasteiger partial charge in [0.05, 0.1) is 10.3 Å². The summed E-state index contributed by atoms with van der Waals surface area (Å²) in [5, 5.41) is 6.37. The standard InChI is InChI=1S/C14H15BrFN3S.HI/c1-17-14(19-9-12-5-6-13(15)20-12)18-8-10-3-2-4-11(16)7-10;/h2-7H,8-9H2,1H3,(H2,17,18,19);1H. The zero-order valence-electron chi connectivity index (χ0n) is 11.4. The first-order chi connectivity index (χ1) is 9.67. The summed E-state index contributed by atoms with van der Waals surface area (Å²) < 4.78 is 14.2. The molecule has 0 fully saturated rings. The Balaban J connectivity index is 0.00000220. The van der Waals surface area contributed by atoms with Crippen molar-refractivity contribution in [3.8, 4) is 0 Å². The Morgan fingerprint density at radius 1 is 1.24 bits per heavy atom. The van der Waals surface area contributed by atoms with Crippen LogP contribution in [0.4, 0.5) is 4.39 Å². The maximum atomic E-state index is 13.1. The molecule has 21 heavy (non-hydrogen) atoms. The molecule has 1 aromatic heterocycles. The number of hydrogen-bond acceptors (Lipinski definition) is 2. The van der Waals surface area contributed by atoms with Crippen LogP contribution in [0.15, 0.2) is 45.2 Å². The fraction of sp³-hybridized carbons (Fsp3) is 0.214. The highest BCUT2D eigenvalue weighted by atomic mass is 127. The Morgan fingerprint density at radius 3 is 2.62 bits per heavy atom. The number of aliphatic imine (C=N–C) groups is 1. The fourth-order valence-corrected chi connectivity index (χ4v) is 3.09. The van der Waals surface area contributed by atoms with E-state index in [4.69, 9.17) is 0 Å². The van der Waals surface area contributed by atoms with Gasteiger partial charge in [0.1, 0.15) is 5.82 Å². The molecule has 1 aromatic carbocycles. The van der Waals surface area contributed by atoms with Crippen molar-refractivity contribution in [2.24, 2.45) is 4.99 Å². The number of nitrogens with zero attached hydrogens (tertiary/aromatic N) is 1. The average molecular weight is 484 g/mol. The molecule has 114 valence electrons. The lowest BCUT2D eigenvalue weighted by molar-refractivity contribution is 0.624. The number of thiophene rings is 1. The summed E-state index contributed by atoms with van der Waals surface area (Å²) in [7, 11) is 1.71. The van der Waals surface area contributed by atoms with E-state index in [-0.39, 0.29) is 29.8 Å². The second kappa shape index (κ2) is 9.37. The Labute approximate surface area is 153 Å². The van der Waals surface area contributed by atoms with Crippen LogP contribution < -0.4 is 10.6 Å². The lowest BCUT2D eigenvalue weighted by atomic mass is 10.2. The van der Waals surface area contributed by atoms with Crippen LogP contribution in [0, 0.1) is 5.82 Å². The average Bonchev–Trinajstić information content (AvgIpc) is 2.85. The van der Waals surface area contributed by atoms with E-state index in [0.29, 0.717) is 19.0 Å². The molecule has 0 bridgehead atoms. The minimum absolute atomic E-state index is 0. The van der Waals surface area contributed by atoms with Crippen LogP contribution in [0.5, 0.6) is 0 Å². The molecule has 2 aromatic rings. The highest BCUT2D eigenvalue weighted by Gasteiger charge is 2.01. The molecule has 2 rings (SSSR count). The van der Waals surface area contributed by atoms with Gasteiger partial charge in [-0.2, -0.15) is 0 Å². The minimum Gasteiger partial charge on any atom is -0.352 e. The summed E-state index contributed by atoms with van der Waals surface area (Å²) in [6.07, 6.45) is 0. The molecule has 0 amide bonds. The van der Waals surface area contributed by atoms with Gasteiger partial charge in [-0.25, -0.2) is 4.39 Å². The van der Waals surface area contributed by atoms with Crippen molar-refractivity contribution >= 4 is 57.2 Å². The quantitative estimate of drug-likeness (QED) is 0.389. The normalized spacial score (nSPS) is 10.9. The molecule has 7 heteroatoms. The summed E-state index contributed by atoms with van der Waals surface area (Å²) in [4.78, 5) is 5.35. The van der Waals surface area contributed by atoms with Crippen molar-refractivity contribution in [2.45, 2.75) is 13.1 Å². The summed E-state index contributed by atoms with van der Waals surface area (Å²) in [5.74, 6) is 0.467. The van der Waals surface area contributed by atoms with E-state index in [9.17, 15) is 4.39 Å². The summed E-state index contributed by atoms with van der Waals surface area (Å²) >= 11 is 5.11. The third-order valence-corrected chi connectivity index (χ3v) is 4.26. The van der Waals surface area contributed by atoms with Crippen LogP contribution >= 0.6 is 51.2 Å². The number of hydrogen-bond donors (Lipinski definition) is 2. The van der Waals surface area contributed by atoms with Crippen LogP contribution in [0.25, 0.3) is 0 Å². The monoisotopic (exact) mass is 483 g/mol. The summed E-state index contributed by atoms with van der Waals surface area (Å²) in [6, 6.07) is 10.6. The van der Waals surface area contributed by atoms with Gasteiger partial charge < -0.3 is 10.6 Å². The first kappa shape index (κ1) is 18.4. The van der Waals surface area contributed by atoms with E-state index < -0.39 is 0 Å². The fourth-order valence-electron chi connectivity index (χ4n) is 1.67. The highest BCUT2D eigenvalue weighted by molar-refractivity contribution is 14.0. The van der Waals surface area contributed by atoms with Crippen molar-refractivity contribution in [3.63, 3.8) is 0 Å². The van der Waals surface area contributed by atoms with Gasteiger partial charge in [-0.1, -0.05) is 12.1 Å². The Hall–Kier alpha value is -0.670. The number of halogens is 3. The number of rotatable bonds is 4. The van der Waals surface area contributed by atoms with E-state index in [1.807, 2.05) is 12.1 Å². The van der Waals surface area contributed by atoms with Gasteiger partial charge in [-0.05, 0) is 45.8 Å². The Morgan fingerprint density at radius 2 is 2.00 bits per heavy atom. The van der Waals surface area contributed by atoms with Crippen LogP contribution in [-0.4, -0.2) is 13.0 Å². The third kappa shape index (κ3) is 6.31. The molecule has 2 N–H and O–H groups in total. The first-order valence-electron chi connectivity index (χ1n) is 6.10. The SMILES string of the molecule is CN=C(NCc1cccc(F)c1)NCc1ccc(Br)s1.I. The summed E-state index contributed by atoms with van der Waals surface area (Å²) in [5.41, 5.74) is 0.881. The van der Waals surface area contributed by atoms with Crippen molar-refractivity contribution in [1.29, 1.82) is 0 Å². The molecular weight excluding hydrogens is 468 g/mol. The van der Waals surface area contributed by atoms with Crippen molar-refractivity contribution < 1.29 is 4.39 Å². The van der Waals surface area contributed by atoms with Gasteiger partial charge in [-0.15, -0.1) is 35.3 Å². The molecule has 0 unspecified atom stereocenters. The third-order valence-electron chi connectivity index (χ3n) is 2.63. The highest BCUT2D eigenvalue weighted by Crippen LogP contribution is 2.21. The summed E-state index contributed by atoms with van der Waals surface area (Å²) in [6.45, 7) is 1.24. The topological polar surface area (TPSA) is 36.4 Å². The van der Waals surface area contributed by atoms with E-state index >= 15 is 0 Å². The zero-order valence-corrected chi connectivity index (χ0v) is 16.1. The zero-order chi connectivity index (χ0) is 14.4. The molecule has 3 nitrogen and oxygen atoms in total. The smallest absolute Gasteiger partial charge is 0.191 e. The van der Waals surface area contributed by atoms with E-state index in [0.717, 1.165) is 9.35 Å². The van der Waals surface area contributed by atoms with Crippen LogP contribution in [0.3, 0.4) is 0 Å². The van der Waals surface area contributed by atoms with Gasteiger partial charge in [0.2, 0.25) is 0 Å². The maximum Gasteiger partial charge on any atom is 0.191 e. The van der Waals surface area contributed by atoms with Gasteiger partial charge >= 0.3 is 0 Å². The number of benzene rings is 1. The molecule has 0 spiro atoms. The first-order valence-corrected chi connectivity index (χ1v) is 7.71. The predicted molar refractivity (Wildman–Crippen MR) is 101 cm³/mol. The lowest BCUT2D eigenvalue weighted by Gasteiger charge is -2.11. The molecule has 0 radical (unpaired) electrons. The van der Waals surface area contributed by atoms with Crippen LogP contribution in [-0.2, 0) is 13.1 Å². The lowest BCUT2D eigenvalue weighted by Crippen LogP contribution is -2.36. The number of nitrogens with one attached hydrogen (secondary N) is 2. The molecule has 0 atom stereocenters. The second-order valence-electron chi connectivity index (χ2n) is 4.12. The molecule has 0 saturated carbocycles. The molecular formula is C14H16BrFIN3S. The molecule has 1 heterocycles. The molecule has 0 aliphatic heterocycles. The minimum atomic E-state index is -0.226. The second-order valence-corrected chi connectivity index (χ2v) is 6.66. The largest absolute Gasteiger partial charge is 0.352 e. The van der Waals surface area contributed by atoms with E-state index in [2.05, 4.69) is 37.6 Å². The predicted octanol–water partition coefficient (Wildman–Crippen LogP) is 4.13. The maximum absolute atomic E-state index is 13.1. The molecule has 0 saturated heterocycles. The van der Waals surface area contributed by atoms with Crippen molar-refractivity contribution in [1.82, 2.24) is 10.6 Å². The Bertz CT molecular complexity index is 603. The van der Waals surface area contributed by atoms with Gasteiger partial charge in [0, 0.05) is 18.5 Å². The van der Waals surface area contributed by atoms with E-state index in [1.54, 1.807) is 24.5 Å². The van der Waals surface area contributed by atoms with Crippen LogP contribution in [0.2, 0.25) is 0 Å².